The lowest BCUT2D eigenvalue weighted by atomic mass is 9.73. The molecule has 2 unspecified atom stereocenters. The molecule has 1 spiro atoms. The zero-order valence-corrected chi connectivity index (χ0v) is 29.3. The number of likely N-dealkylation sites (tertiary alicyclic amines) is 1. The van der Waals surface area contributed by atoms with Gasteiger partial charge < -0.3 is 24.3 Å². The van der Waals surface area contributed by atoms with Gasteiger partial charge >= 0.3 is 0 Å². The predicted octanol–water partition coefficient (Wildman–Crippen LogP) is 5.43. The highest BCUT2D eigenvalue weighted by Crippen LogP contribution is 2.53. The Hall–Kier alpha value is -3.97. The topological polar surface area (TPSA) is 101 Å². The highest BCUT2D eigenvalue weighted by Gasteiger charge is 2.57. The van der Waals surface area contributed by atoms with Crippen LogP contribution in [0.25, 0.3) is 22.3 Å². The number of amides is 1. The predicted molar refractivity (Wildman–Crippen MR) is 192 cm³/mol. The number of carbonyl (C=O) groups is 1. The standard InChI is InChI=1S/C39H45FN8O3/c1-23(2)46-22-42-34-16-33(44-37(36(34)46)43-32-7-10-41-17-31(32)40)24-3-6-30-35(13-24)48(28-14-27(15-28)47-25-4-5-26(47)19-50-18-25)38(49)39(30)8-11-45(12-9-39)29-20-51-21-29/h3,6-7,10,13,16-17,22-23,25-29H,4-5,8-9,11-12,14-15,18-21H2,1-2H3,(H,41,43,44). The average Bonchev–Trinajstić information content (AvgIpc) is 3.70. The molecular weight excluding hydrogens is 647 g/mol. The van der Waals surface area contributed by atoms with E-state index in [1.807, 2.05) is 12.4 Å². The van der Waals surface area contributed by atoms with Crippen LogP contribution < -0.4 is 10.2 Å². The van der Waals surface area contributed by atoms with E-state index >= 15 is 0 Å². The molecule has 4 saturated heterocycles. The number of rotatable bonds is 7. The molecule has 5 fully saturated rings. The van der Waals surface area contributed by atoms with Crippen LogP contribution >= 0.6 is 0 Å². The number of nitrogens with zero attached hydrogens (tertiary/aromatic N) is 7. The molecule has 6 aliphatic rings. The first-order valence-electron chi connectivity index (χ1n) is 18.8. The van der Waals surface area contributed by atoms with Crippen LogP contribution in [0.15, 0.2) is 49.1 Å². The monoisotopic (exact) mass is 692 g/mol. The third-order valence-electron chi connectivity index (χ3n) is 12.8. The number of morpholine rings is 1. The van der Waals surface area contributed by atoms with Gasteiger partial charge in [-0.05, 0) is 89.2 Å². The first-order valence-corrected chi connectivity index (χ1v) is 18.8. The minimum Gasteiger partial charge on any atom is -0.378 e. The van der Waals surface area contributed by atoms with Gasteiger partial charge in [0.2, 0.25) is 5.91 Å². The molecule has 1 saturated carbocycles. The fourth-order valence-electron chi connectivity index (χ4n) is 9.86. The van der Waals surface area contributed by atoms with Crippen molar-refractivity contribution < 1.29 is 18.7 Å². The normalized spacial score (nSPS) is 27.7. The van der Waals surface area contributed by atoms with E-state index in [-0.39, 0.29) is 18.0 Å². The fourth-order valence-corrected chi connectivity index (χ4v) is 9.86. The van der Waals surface area contributed by atoms with Gasteiger partial charge in [0, 0.05) is 47.7 Å². The van der Waals surface area contributed by atoms with E-state index in [9.17, 15) is 9.18 Å². The summed E-state index contributed by atoms with van der Waals surface area (Å²) in [5, 5.41) is 3.25. The second-order valence-electron chi connectivity index (χ2n) is 15.8. The Kier molecular flexibility index (Phi) is 7.50. The van der Waals surface area contributed by atoms with Crippen LogP contribution in [0.1, 0.15) is 64.0 Å². The van der Waals surface area contributed by atoms with Gasteiger partial charge in [0.05, 0.1) is 67.3 Å². The van der Waals surface area contributed by atoms with Crippen LogP contribution in [0.3, 0.4) is 0 Å². The summed E-state index contributed by atoms with van der Waals surface area (Å²) in [6.07, 6.45) is 10.6. The maximum Gasteiger partial charge on any atom is 0.238 e. The Morgan fingerprint density at radius 3 is 2.39 bits per heavy atom. The molecule has 8 heterocycles. The number of pyridine rings is 2. The first-order chi connectivity index (χ1) is 24.9. The number of carbonyl (C=O) groups excluding carboxylic acids is 1. The SMILES string of the molecule is CC(C)n1cnc2cc(-c3ccc4c(c3)N(C3CC(N5C6CCC5COC6)C3)C(=O)C43CCN(C4COC4)CC3)nc(Nc3ccncc3F)c21. The van der Waals surface area contributed by atoms with Crippen molar-refractivity contribution in [3.63, 3.8) is 0 Å². The van der Waals surface area contributed by atoms with Crippen LogP contribution in [0.5, 0.6) is 0 Å². The number of benzene rings is 1. The van der Waals surface area contributed by atoms with Crippen LogP contribution in [0, 0.1) is 5.82 Å². The number of anilines is 3. The van der Waals surface area contributed by atoms with Crippen molar-refractivity contribution in [3.8, 4) is 11.3 Å². The van der Waals surface area contributed by atoms with Crippen molar-refractivity contribution >= 4 is 34.1 Å². The van der Waals surface area contributed by atoms with Crippen molar-refractivity contribution in [2.45, 2.75) is 94.0 Å². The Labute approximate surface area is 297 Å². The summed E-state index contributed by atoms with van der Waals surface area (Å²) in [4.78, 5) is 36.1. The quantitative estimate of drug-likeness (QED) is 0.272. The Balaban J connectivity index is 1.03. The van der Waals surface area contributed by atoms with Gasteiger partial charge in [-0.3, -0.25) is 19.6 Å². The van der Waals surface area contributed by atoms with Crippen molar-refractivity contribution in [1.29, 1.82) is 0 Å². The van der Waals surface area contributed by atoms with Crippen LogP contribution in [0.2, 0.25) is 0 Å². The van der Waals surface area contributed by atoms with Crippen LogP contribution in [0.4, 0.5) is 21.6 Å². The largest absolute Gasteiger partial charge is 0.378 e. The summed E-state index contributed by atoms with van der Waals surface area (Å²) in [6.45, 7) is 9.22. The van der Waals surface area contributed by atoms with Crippen molar-refractivity contribution in [3.05, 3.63) is 60.4 Å². The number of hydrogen-bond acceptors (Lipinski definition) is 9. The third kappa shape index (κ3) is 4.97. The molecule has 1 N–H and O–H groups in total. The van der Waals surface area contributed by atoms with E-state index in [4.69, 9.17) is 19.4 Å². The number of nitrogens with one attached hydrogen (secondary N) is 1. The zero-order chi connectivity index (χ0) is 34.4. The highest BCUT2D eigenvalue weighted by molar-refractivity contribution is 6.09. The Morgan fingerprint density at radius 1 is 0.941 bits per heavy atom. The summed E-state index contributed by atoms with van der Waals surface area (Å²) in [7, 11) is 0. The zero-order valence-electron chi connectivity index (χ0n) is 29.3. The molecule has 2 atom stereocenters. The van der Waals surface area contributed by atoms with E-state index < -0.39 is 11.2 Å². The molecule has 10 rings (SSSR count). The maximum absolute atomic E-state index is 14.9. The van der Waals surface area contributed by atoms with Gasteiger partial charge in [-0.2, -0.15) is 0 Å². The van der Waals surface area contributed by atoms with Crippen LogP contribution in [-0.4, -0.2) is 105 Å². The number of piperidine rings is 1. The molecule has 12 heteroatoms. The van der Waals surface area contributed by atoms with E-state index in [1.54, 1.807) is 12.3 Å². The maximum atomic E-state index is 14.9. The number of ether oxygens (including phenoxy) is 2. The number of halogens is 1. The summed E-state index contributed by atoms with van der Waals surface area (Å²) < 4.78 is 28.3. The van der Waals surface area contributed by atoms with Gasteiger partial charge in [0.15, 0.2) is 11.6 Å². The molecule has 5 aliphatic heterocycles. The summed E-state index contributed by atoms with van der Waals surface area (Å²) in [5.41, 5.74) is 5.17. The molecular formula is C39H45FN8O3. The van der Waals surface area contributed by atoms with E-state index in [0.717, 1.165) is 98.7 Å². The molecule has 2 bridgehead atoms. The van der Waals surface area contributed by atoms with Gasteiger partial charge in [-0.15, -0.1) is 0 Å². The van der Waals surface area contributed by atoms with Gasteiger partial charge in [-0.25, -0.2) is 14.4 Å². The van der Waals surface area contributed by atoms with Gasteiger partial charge in [0.25, 0.3) is 0 Å². The smallest absolute Gasteiger partial charge is 0.238 e. The lowest BCUT2D eigenvalue weighted by Crippen LogP contribution is -2.62. The summed E-state index contributed by atoms with van der Waals surface area (Å²) in [6, 6.07) is 12.4. The third-order valence-corrected chi connectivity index (χ3v) is 12.8. The lowest BCUT2D eigenvalue weighted by molar-refractivity contribution is -0.128. The molecule has 1 aliphatic carbocycles. The summed E-state index contributed by atoms with van der Waals surface area (Å²) >= 11 is 0. The van der Waals surface area contributed by atoms with E-state index in [2.05, 4.69) is 61.6 Å². The average molecular weight is 693 g/mol. The summed E-state index contributed by atoms with van der Waals surface area (Å²) in [5.74, 6) is 0.338. The highest BCUT2D eigenvalue weighted by atomic mass is 19.1. The second kappa shape index (κ2) is 12.0. The van der Waals surface area contributed by atoms with Crippen LogP contribution in [-0.2, 0) is 19.7 Å². The van der Waals surface area contributed by atoms with E-state index in [0.29, 0.717) is 35.7 Å². The Bertz CT molecular complexity index is 1980. The molecule has 4 aromatic rings. The van der Waals surface area contributed by atoms with Gasteiger partial charge in [-0.1, -0.05) is 12.1 Å². The minimum absolute atomic E-state index is 0.128. The van der Waals surface area contributed by atoms with E-state index in [1.165, 1.54) is 19.0 Å². The van der Waals surface area contributed by atoms with Gasteiger partial charge in [0.1, 0.15) is 5.52 Å². The van der Waals surface area contributed by atoms with Crippen molar-refractivity contribution in [1.82, 2.24) is 29.3 Å². The first kappa shape index (κ1) is 31.7. The number of aromatic nitrogens is 4. The molecule has 266 valence electrons. The molecule has 11 nitrogen and oxygen atoms in total. The molecule has 1 amide bonds. The fraction of sp³-hybridized carbons (Fsp3) is 0.538. The van der Waals surface area contributed by atoms with Crippen molar-refractivity contribution in [2.75, 3.05) is 49.7 Å². The Morgan fingerprint density at radius 2 is 1.69 bits per heavy atom. The second-order valence-corrected chi connectivity index (χ2v) is 15.8. The number of fused-ring (bicyclic) bond motifs is 5. The molecule has 1 aromatic carbocycles. The molecule has 3 aromatic heterocycles. The minimum atomic E-state index is -0.517. The van der Waals surface area contributed by atoms with Crippen molar-refractivity contribution in [2.24, 2.45) is 0 Å². The molecule has 51 heavy (non-hydrogen) atoms. The number of hydrogen-bond donors (Lipinski definition) is 1. The molecule has 0 radical (unpaired) electrons. The number of imidazole rings is 1. The lowest BCUT2D eigenvalue weighted by Gasteiger charge is -2.51.